The molecule has 0 aliphatic rings. The minimum absolute atomic E-state index is 0.550. The summed E-state index contributed by atoms with van der Waals surface area (Å²) in [5.41, 5.74) is 1.85. The fraction of sp³-hybridized carbons (Fsp3) is 0.200. The smallest absolute Gasteiger partial charge is 0.349 e. The molecular formula is C10H11N2O2+. The van der Waals surface area contributed by atoms with E-state index < -0.39 is 12.0 Å². The molecule has 14 heavy (non-hydrogen) atoms. The van der Waals surface area contributed by atoms with Gasteiger partial charge in [0, 0.05) is 0 Å². The van der Waals surface area contributed by atoms with Crippen LogP contribution in [0.5, 0.6) is 0 Å². The molecule has 0 bridgehead atoms. The van der Waals surface area contributed by atoms with Gasteiger partial charge in [-0.25, -0.2) is 14.3 Å². The van der Waals surface area contributed by atoms with Crippen molar-refractivity contribution >= 4 is 17.0 Å². The molecule has 1 atom stereocenters. The Bertz CT molecular complexity index is 476. The number of H-pyrrole nitrogens is 1. The third kappa shape index (κ3) is 1.25. The van der Waals surface area contributed by atoms with Gasteiger partial charge in [0.25, 0.3) is 0 Å². The van der Waals surface area contributed by atoms with Crippen LogP contribution in [0.25, 0.3) is 11.0 Å². The molecule has 0 saturated carbocycles. The first-order valence-electron chi connectivity index (χ1n) is 4.40. The number of benzene rings is 1. The summed E-state index contributed by atoms with van der Waals surface area (Å²) in [4.78, 5) is 13.8. The van der Waals surface area contributed by atoms with Gasteiger partial charge in [-0.2, -0.15) is 0 Å². The lowest BCUT2D eigenvalue weighted by atomic mass is 10.3. The summed E-state index contributed by atoms with van der Waals surface area (Å²) in [5.74, 6) is -0.834. The van der Waals surface area contributed by atoms with Crippen LogP contribution in [0.4, 0.5) is 0 Å². The number of para-hydroxylation sites is 2. The number of nitrogens with zero attached hydrogens (tertiary/aromatic N) is 1. The Morgan fingerprint density at radius 3 is 2.93 bits per heavy atom. The van der Waals surface area contributed by atoms with Gasteiger partial charge in [0.05, 0.1) is 0 Å². The molecule has 0 saturated heterocycles. The van der Waals surface area contributed by atoms with Crippen LogP contribution in [0.2, 0.25) is 0 Å². The van der Waals surface area contributed by atoms with Crippen LogP contribution in [0, 0.1) is 0 Å². The van der Waals surface area contributed by atoms with E-state index in [0.29, 0.717) is 0 Å². The number of aromatic nitrogens is 2. The minimum atomic E-state index is -0.834. The number of carboxylic acids is 1. The van der Waals surface area contributed by atoms with E-state index in [0.717, 1.165) is 11.0 Å². The Labute approximate surface area is 80.8 Å². The van der Waals surface area contributed by atoms with E-state index in [2.05, 4.69) is 4.98 Å². The van der Waals surface area contributed by atoms with E-state index in [4.69, 9.17) is 5.11 Å². The van der Waals surface area contributed by atoms with Gasteiger partial charge in [-0.1, -0.05) is 12.1 Å². The fourth-order valence-electron chi connectivity index (χ4n) is 1.47. The summed E-state index contributed by atoms with van der Waals surface area (Å²) in [6, 6.07) is 7.06. The number of nitrogens with one attached hydrogen (secondary N) is 1. The molecule has 1 aromatic heterocycles. The number of aliphatic carboxylic acids is 1. The highest BCUT2D eigenvalue weighted by atomic mass is 16.4. The number of hydrogen-bond acceptors (Lipinski definition) is 1. The van der Waals surface area contributed by atoms with Crippen molar-refractivity contribution in [2.24, 2.45) is 0 Å². The molecule has 1 heterocycles. The quantitative estimate of drug-likeness (QED) is 0.698. The molecule has 1 aromatic carbocycles. The average molecular weight is 191 g/mol. The van der Waals surface area contributed by atoms with Gasteiger partial charge in [-0.3, -0.25) is 0 Å². The van der Waals surface area contributed by atoms with Crippen molar-refractivity contribution in [1.82, 2.24) is 4.98 Å². The fourth-order valence-corrected chi connectivity index (χ4v) is 1.47. The minimum Gasteiger partial charge on any atom is -0.478 e. The number of carboxylic acid groups (broad SMARTS) is 1. The molecule has 2 rings (SSSR count). The highest BCUT2D eigenvalue weighted by Gasteiger charge is 2.21. The molecule has 0 amide bonds. The monoisotopic (exact) mass is 191 g/mol. The van der Waals surface area contributed by atoms with Crippen molar-refractivity contribution < 1.29 is 14.5 Å². The zero-order chi connectivity index (χ0) is 10.1. The lowest BCUT2D eigenvalue weighted by molar-refractivity contribution is -0.682. The number of fused-ring (bicyclic) bond motifs is 1. The van der Waals surface area contributed by atoms with Crippen LogP contribution >= 0.6 is 0 Å². The number of aromatic amines is 1. The number of carbonyl (C=O) groups is 1. The SMILES string of the molecule is C[C@@H](C(=O)O)[n+]1c[nH]c2ccccc21. The van der Waals surface area contributed by atoms with E-state index >= 15 is 0 Å². The van der Waals surface area contributed by atoms with Crippen molar-refractivity contribution in [3.8, 4) is 0 Å². The van der Waals surface area contributed by atoms with Gasteiger partial charge in [-0.15, -0.1) is 0 Å². The first-order valence-corrected chi connectivity index (χ1v) is 4.40. The van der Waals surface area contributed by atoms with Crippen LogP contribution in [0.1, 0.15) is 13.0 Å². The maximum atomic E-state index is 10.8. The Kier molecular flexibility index (Phi) is 1.96. The van der Waals surface area contributed by atoms with E-state index in [9.17, 15) is 4.79 Å². The first-order chi connectivity index (χ1) is 6.70. The van der Waals surface area contributed by atoms with Crippen molar-refractivity contribution in [1.29, 1.82) is 0 Å². The maximum Gasteiger partial charge on any atom is 0.349 e. The molecule has 2 aromatic rings. The highest BCUT2D eigenvalue weighted by molar-refractivity contribution is 5.73. The molecule has 0 radical (unpaired) electrons. The molecule has 72 valence electrons. The second-order valence-electron chi connectivity index (χ2n) is 3.21. The van der Waals surface area contributed by atoms with Crippen molar-refractivity contribution in [3.63, 3.8) is 0 Å². The van der Waals surface area contributed by atoms with E-state index in [1.54, 1.807) is 17.8 Å². The molecule has 0 unspecified atom stereocenters. The number of imidazole rings is 1. The topological polar surface area (TPSA) is 57.0 Å². The number of hydrogen-bond donors (Lipinski definition) is 2. The molecule has 4 heteroatoms. The largest absolute Gasteiger partial charge is 0.478 e. The molecular weight excluding hydrogens is 180 g/mol. The molecule has 0 spiro atoms. The summed E-state index contributed by atoms with van der Waals surface area (Å²) < 4.78 is 1.71. The predicted octanol–water partition coefficient (Wildman–Crippen LogP) is 1.10. The lowest BCUT2D eigenvalue weighted by Crippen LogP contribution is -2.40. The van der Waals surface area contributed by atoms with Crippen LogP contribution in [0.3, 0.4) is 0 Å². The number of rotatable bonds is 2. The molecule has 2 N–H and O–H groups in total. The van der Waals surface area contributed by atoms with Gasteiger partial charge < -0.3 is 5.11 Å². The van der Waals surface area contributed by atoms with Gasteiger partial charge in [0.2, 0.25) is 6.33 Å². The second kappa shape index (κ2) is 3.14. The Morgan fingerprint density at radius 1 is 1.50 bits per heavy atom. The zero-order valence-electron chi connectivity index (χ0n) is 7.77. The predicted molar refractivity (Wildman–Crippen MR) is 50.8 cm³/mol. The Balaban J connectivity index is 2.58. The summed E-state index contributed by atoms with van der Waals surface area (Å²) >= 11 is 0. The van der Waals surface area contributed by atoms with Crippen LogP contribution in [-0.2, 0) is 4.79 Å². The van der Waals surface area contributed by atoms with Crippen LogP contribution in [0.15, 0.2) is 30.6 Å². The van der Waals surface area contributed by atoms with Crippen molar-refractivity contribution in [2.45, 2.75) is 13.0 Å². The van der Waals surface area contributed by atoms with Gasteiger partial charge in [0.1, 0.15) is 0 Å². The lowest BCUT2D eigenvalue weighted by Gasteiger charge is -2.01. The summed E-state index contributed by atoms with van der Waals surface area (Å²) in [5, 5.41) is 8.88. The van der Waals surface area contributed by atoms with Gasteiger partial charge in [-0.05, 0) is 19.1 Å². The van der Waals surface area contributed by atoms with Gasteiger partial charge >= 0.3 is 5.97 Å². The molecule has 0 aliphatic carbocycles. The van der Waals surface area contributed by atoms with E-state index in [1.807, 2.05) is 24.3 Å². The third-order valence-electron chi connectivity index (χ3n) is 2.32. The normalized spacial score (nSPS) is 12.9. The zero-order valence-corrected chi connectivity index (χ0v) is 7.77. The van der Waals surface area contributed by atoms with E-state index in [1.165, 1.54) is 0 Å². The van der Waals surface area contributed by atoms with Crippen molar-refractivity contribution in [3.05, 3.63) is 30.6 Å². The molecule has 4 nitrogen and oxygen atoms in total. The summed E-state index contributed by atoms with van der Waals surface area (Å²) in [6.07, 6.45) is 1.68. The molecule has 0 aliphatic heterocycles. The maximum absolute atomic E-state index is 10.8. The summed E-state index contributed by atoms with van der Waals surface area (Å²) in [7, 11) is 0. The molecule has 0 fully saturated rings. The Hall–Kier alpha value is -1.84. The third-order valence-corrected chi connectivity index (χ3v) is 2.32. The standard InChI is InChI=1S/C10H10N2O2/c1-7(10(13)14)12-6-11-8-4-2-3-5-9(8)12/h2-7H,1H3,(H,13,14)/p+1/t7-/m0/s1. The van der Waals surface area contributed by atoms with Crippen LogP contribution < -0.4 is 4.57 Å². The van der Waals surface area contributed by atoms with Gasteiger partial charge in [0.15, 0.2) is 17.1 Å². The van der Waals surface area contributed by atoms with Crippen LogP contribution in [-0.4, -0.2) is 16.1 Å². The second-order valence-corrected chi connectivity index (χ2v) is 3.21. The van der Waals surface area contributed by atoms with Crippen molar-refractivity contribution in [2.75, 3.05) is 0 Å². The first kappa shape index (κ1) is 8.74. The summed E-state index contributed by atoms with van der Waals surface area (Å²) in [6.45, 7) is 1.66. The highest BCUT2D eigenvalue weighted by Crippen LogP contribution is 2.08. The van der Waals surface area contributed by atoms with E-state index in [-0.39, 0.29) is 0 Å². The Morgan fingerprint density at radius 2 is 2.21 bits per heavy atom. The average Bonchev–Trinajstić information content (AvgIpc) is 2.60.